The van der Waals surface area contributed by atoms with Crippen LogP contribution in [0.2, 0.25) is 0 Å². The molecule has 0 spiro atoms. The van der Waals surface area contributed by atoms with Crippen LogP contribution >= 0.6 is 0 Å². The van der Waals surface area contributed by atoms with Crippen LogP contribution in [-0.4, -0.2) is 11.9 Å². The highest BCUT2D eigenvalue weighted by molar-refractivity contribution is 6.12. The van der Waals surface area contributed by atoms with Crippen molar-refractivity contribution in [3.8, 4) is 33.4 Å². The Bertz CT molecular complexity index is 2730. The van der Waals surface area contributed by atoms with Crippen molar-refractivity contribution in [1.29, 1.82) is 5.41 Å². The Balaban J connectivity index is 1.08. The molecule has 0 radical (unpaired) electrons. The van der Waals surface area contributed by atoms with E-state index in [1.165, 1.54) is 60.7 Å². The number of benzene rings is 8. The third-order valence-corrected chi connectivity index (χ3v) is 10.8. The van der Waals surface area contributed by atoms with Gasteiger partial charge in [0, 0.05) is 22.8 Å². The predicted molar refractivity (Wildman–Crippen MR) is 225 cm³/mol. The molecule has 0 aromatic heterocycles. The van der Waals surface area contributed by atoms with E-state index in [1.807, 2.05) is 73.0 Å². The molecule has 0 atom stereocenters. The van der Waals surface area contributed by atoms with E-state index in [9.17, 15) is 0 Å². The number of fused-ring (bicyclic) bond motifs is 6. The second-order valence-corrected chi connectivity index (χ2v) is 14.3. The van der Waals surface area contributed by atoms with Gasteiger partial charge in [0.2, 0.25) is 0 Å². The van der Waals surface area contributed by atoms with E-state index in [0.717, 1.165) is 27.8 Å². The summed E-state index contributed by atoms with van der Waals surface area (Å²) in [5.41, 5.74) is 14.3. The molecule has 53 heavy (non-hydrogen) atoms. The summed E-state index contributed by atoms with van der Waals surface area (Å²) >= 11 is 0. The van der Waals surface area contributed by atoms with Crippen LogP contribution in [0, 0.1) is 5.41 Å². The second-order valence-electron chi connectivity index (χ2n) is 14.3. The number of rotatable bonds is 7. The lowest BCUT2D eigenvalue weighted by atomic mass is 9.80. The molecule has 1 N–H and O–H groups in total. The molecule has 252 valence electrons. The van der Waals surface area contributed by atoms with Gasteiger partial charge in [-0.15, -0.1) is 0 Å². The Labute approximate surface area is 311 Å². The topological polar surface area (TPSA) is 36.2 Å². The van der Waals surface area contributed by atoms with E-state index >= 15 is 0 Å². The Morgan fingerprint density at radius 1 is 0.509 bits per heavy atom. The molecule has 2 nitrogen and oxygen atoms in total. The van der Waals surface area contributed by atoms with E-state index in [-0.39, 0.29) is 5.41 Å². The Morgan fingerprint density at radius 2 is 1.11 bits per heavy atom. The van der Waals surface area contributed by atoms with Crippen molar-refractivity contribution in [3.05, 3.63) is 210 Å². The maximum Gasteiger partial charge on any atom is 0.0723 e. The Hall–Kier alpha value is -6.64. The zero-order chi connectivity index (χ0) is 35.9. The standard InChI is InChI=1S/C51H38N2/c1-51(2)46-23-13-22-42(49(46)45-31-28-34-14-9-10-20-43(34)50(45)51)36-26-24-35(25-27-36)41-30-29-39(40-19-11-12-21-44(40)41)33-53-48(38-17-7-4-8-18-38)32-47(52)37-15-5-3-6-16-37/h3-33,52H,1-2H3/b48-32-,52-47?,53-33?. The summed E-state index contributed by atoms with van der Waals surface area (Å²) in [4.78, 5) is 4.99. The molecule has 0 heterocycles. The molecule has 1 aliphatic carbocycles. The molecule has 0 saturated heterocycles. The quantitative estimate of drug-likeness (QED) is 0.163. The van der Waals surface area contributed by atoms with Gasteiger partial charge in [-0.1, -0.05) is 190 Å². The van der Waals surface area contributed by atoms with Gasteiger partial charge >= 0.3 is 0 Å². The average molecular weight is 679 g/mol. The van der Waals surface area contributed by atoms with Gasteiger partial charge in [-0.2, -0.15) is 0 Å². The highest BCUT2D eigenvalue weighted by Crippen LogP contribution is 2.54. The van der Waals surface area contributed by atoms with Crippen LogP contribution < -0.4 is 0 Å². The molecular weight excluding hydrogens is 641 g/mol. The van der Waals surface area contributed by atoms with Crippen molar-refractivity contribution in [2.45, 2.75) is 19.3 Å². The number of hydrogen-bond acceptors (Lipinski definition) is 2. The minimum atomic E-state index is -0.0905. The van der Waals surface area contributed by atoms with Gasteiger partial charge in [-0.25, -0.2) is 0 Å². The molecule has 0 saturated carbocycles. The van der Waals surface area contributed by atoms with E-state index in [0.29, 0.717) is 5.71 Å². The number of hydrogen-bond donors (Lipinski definition) is 1. The molecule has 0 amide bonds. The summed E-state index contributed by atoms with van der Waals surface area (Å²) in [6.07, 6.45) is 3.79. The molecule has 0 aliphatic heterocycles. The second kappa shape index (κ2) is 13.2. The fraction of sp³-hybridized carbons (Fsp3) is 0.0588. The monoisotopic (exact) mass is 678 g/mol. The minimum absolute atomic E-state index is 0.0905. The maximum atomic E-state index is 8.78. The van der Waals surface area contributed by atoms with Crippen molar-refractivity contribution in [1.82, 2.24) is 0 Å². The van der Waals surface area contributed by atoms with Crippen LogP contribution in [0.5, 0.6) is 0 Å². The van der Waals surface area contributed by atoms with Crippen LogP contribution in [-0.2, 0) is 5.41 Å². The number of aliphatic imine (C=N–C) groups is 1. The van der Waals surface area contributed by atoms with Gasteiger partial charge in [0.25, 0.3) is 0 Å². The van der Waals surface area contributed by atoms with Gasteiger partial charge in [0.05, 0.1) is 11.4 Å². The smallest absolute Gasteiger partial charge is 0.0723 e. The predicted octanol–water partition coefficient (Wildman–Crippen LogP) is 13.2. The van der Waals surface area contributed by atoms with Gasteiger partial charge in [0.15, 0.2) is 0 Å². The number of nitrogens with one attached hydrogen (secondary N) is 1. The van der Waals surface area contributed by atoms with Gasteiger partial charge < -0.3 is 5.41 Å². The van der Waals surface area contributed by atoms with Crippen LogP contribution in [0.4, 0.5) is 0 Å². The van der Waals surface area contributed by atoms with Crippen LogP contribution in [0.15, 0.2) is 187 Å². The third kappa shape index (κ3) is 5.70. The lowest BCUT2D eigenvalue weighted by Gasteiger charge is -2.23. The van der Waals surface area contributed by atoms with E-state index < -0.39 is 0 Å². The van der Waals surface area contributed by atoms with Crippen molar-refractivity contribution < 1.29 is 0 Å². The Morgan fingerprint density at radius 3 is 1.85 bits per heavy atom. The molecule has 1 aliphatic rings. The normalized spacial score (nSPS) is 13.4. The zero-order valence-electron chi connectivity index (χ0n) is 29.8. The largest absolute Gasteiger partial charge is 0.300 e. The fourth-order valence-corrected chi connectivity index (χ4v) is 8.19. The summed E-state index contributed by atoms with van der Waals surface area (Å²) < 4.78 is 0. The van der Waals surface area contributed by atoms with Crippen molar-refractivity contribution in [3.63, 3.8) is 0 Å². The summed E-state index contributed by atoms with van der Waals surface area (Å²) in [5, 5.41) is 13.7. The summed E-state index contributed by atoms with van der Waals surface area (Å²) in [6.45, 7) is 4.73. The highest BCUT2D eigenvalue weighted by Gasteiger charge is 2.38. The molecule has 0 fully saturated rings. The molecule has 0 unspecified atom stereocenters. The van der Waals surface area contributed by atoms with Crippen LogP contribution in [0.1, 0.15) is 41.7 Å². The van der Waals surface area contributed by atoms with Crippen molar-refractivity contribution in [2.24, 2.45) is 4.99 Å². The molecule has 8 aromatic rings. The molecular formula is C51H38N2. The highest BCUT2D eigenvalue weighted by atomic mass is 14.7. The zero-order valence-corrected chi connectivity index (χ0v) is 29.8. The molecule has 0 bridgehead atoms. The summed E-state index contributed by atoms with van der Waals surface area (Å²) in [5.74, 6) is 0. The van der Waals surface area contributed by atoms with E-state index in [4.69, 9.17) is 10.4 Å². The van der Waals surface area contributed by atoms with Gasteiger partial charge in [-0.05, 0) is 77.7 Å². The summed E-state index contributed by atoms with van der Waals surface area (Å²) in [7, 11) is 0. The van der Waals surface area contributed by atoms with Gasteiger partial charge in [0.1, 0.15) is 0 Å². The van der Waals surface area contributed by atoms with E-state index in [1.54, 1.807) is 0 Å². The van der Waals surface area contributed by atoms with Crippen LogP contribution in [0.3, 0.4) is 0 Å². The van der Waals surface area contributed by atoms with Crippen LogP contribution in [0.25, 0.3) is 60.6 Å². The lowest BCUT2D eigenvalue weighted by Crippen LogP contribution is -2.15. The van der Waals surface area contributed by atoms with Gasteiger partial charge in [-0.3, -0.25) is 4.99 Å². The first-order valence-electron chi connectivity index (χ1n) is 18.2. The lowest BCUT2D eigenvalue weighted by molar-refractivity contribution is 0.666. The third-order valence-electron chi connectivity index (χ3n) is 10.8. The average Bonchev–Trinajstić information content (AvgIpc) is 3.46. The molecule has 9 rings (SSSR count). The van der Waals surface area contributed by atoms with Crippen molar-refractivity contribution >= 4 is 39.2 Å². The first-order valence-corrected chi connectivity index (χ1v) is 18.2. The maximum absolute atomic E-state index is 8.78. The minimum Gasteiger partial charge on any atom is -0.300 e. The first-order chi connectivity index (χ1) is 26.0. The SMILES string of the molecule is CC1(C)c2cccc(-c3ccc(-c4ccc(C=N/C(=C\C(=N)c5ccccc5)c5ccccc5)c5ccccc45)cc3)c2-c2ccc3ccccc3c21. The molecule has 2 heteroatoms. The molecule has 8 aromatic carbocycles. The van der Waals surface area contributed by atoms with Crippen molar-refractivity contribution in [2.75, 3.05) is 0 Å². The number of allylic oxidation sites excluding steroid dienone is 1. The number of nitrogens with zero attached hydrogens (tertiary/aromatic N) is 1. The Kier molecular flexibility index (Phi) is 8.01. The summed E-state index contributed by atoms with van der Waals surface area (Å²) in [6, 6.07) is 62.1. The fourth-order valence-electron chi connectivity index (χ4n) is 8.19. The van der Waals surface area contributed by atoms with E-state index in [2.05, 4.69) is 129 Å². The first kappa shape index (κ1) is 32.3.